The van der Waals surface area contributed by atoms with E-state index in [9.17, 15) is 0 Å². The standard InChI is InChI=1S/C5H12N4/c1-2-3-4-8-9-5(6)7/h3-4,8H,2H2,1H3,(H4,6,7,9). The van der Waals surface area contributed by atoms with Gasteiger partial charge in [-0.15, -0.1) is 5.10 Å². The number of rotatable bonds is 3. The Morgan fingerprint density at radius 1 is 1.67 bits per heavy atom. The van der Waals surface area contributed by atoms with E-state index in [1.54, 1.807) is 6.20 Å². The Morgan fingerprint density at radius 2 is 2.33 bits per heavy atom. The number of nitrogens with two attached hydrogens (primary N) is 2. The summed E-state index contributed by atoms with van der Waals surface area (Å²) in [5.74, 6) is 0.0377. The highest BCUT2D eigenvalue weighted by Crippen LogP contribution is 1.73. The minimum Gasteiger partial charge on any atom is -0.369 e. The smallest absolute Gasteiger partial charge is 0.208 e. The van der Waals surface area contributed by atoms with Gasteiger partial charge in [0.1, 0.15) is 0 Å². The molecule has 0 atom stereocenters. The molecule has 0 bridgehead atoms. The quantitative estimate of drug-likeness (QED) is 0.277. The third-order valence-corrected chi connectivity index (χ3v) is 0.622. The third kappa shape index (κ3) is 6.81. The van der Waals surface area contributed by atoms with Gasteiger partial charge < -0.3 is 11.5 Å². The molecule has 0 aromatic heterocycles. The minimum atomic E-state index is 0.0377. The van der Waals surface area contributed by atoms with Crippen molar-refractivity contribution < 1.29 is 0 Å². The van der Waals surface area contributed by atoms with Gasteiger partial charge in [-0.3, -0.25) is 5.43 Å². The maximum Gasteiger partial charge on any atom is 0.208 e. The van der Waals surface area contributed by atoms with Crippen LogP contribution in [0.25, 0.3) is 0 Å². The van der Waals surface area contributed by atoms with Crippen molar-refractivity contribution in [3.63, 3.8) is 0 Å². The van der Waals surface area contributed by atoms with Crippen molar-refractivity contribution >= 4 is 5.96 Å². The first-order valence-electron chi connectivity index (χ1n) is 2.76. The van der Waals surface area contributed by atoms with Crippen molar-refractivity contribution in [1.29, 1.82) is 0 Å². The molecular weight excluding hydrogens is 116 g/mol. The van der Waals surface area contributed by atoms with Gasteiger partial charge in [-0.05, 0) is 6.42 Å². The second-order valence-electron chi connectivity index (χ2n) is 1.48. The van der Waals surface area contributed by atoms with Crippen LogP contribution in [0, 0.1) is 0 Å². The average molecular weight is 128 g/mol. The van der Waals surface area contributed by atoms with E-state index in [-0.39, 0.29) is 5.96 Å². The molecule has 9 heavy (non-hydrogen) atoms. The molecule has 52 valence electrons. The molecule has 0 fully saturated rings. The monoisotopic (exact) mass is 128 g/mol. The molecule has 0 aromatic rings. The Labute approximate surface area is 54.6 Å². The summed E-state index contributed by atoms with van der Waals surface area (Å²) in [5, 5.41) is 3.50. The second kappa shape index (κ2) is 4.96. The maximum atomic E-state index is 5.01. The first kappa shape index (κ1) is 7.81. The Bertz CT molecular complexity index is 112. The van der Waals surface area contributed by atoms with Crippen LogP contribution in [0.2, 0.25) is 0 Å². The van der Waals surface area contributed by atoms with Crippen molar-refractivity contribution in [2.24, 2.45) is 16.6 Å². The number of hydrogen-bond acceptors (Lipinski definition) is 2. The number of guanidine groups is 1. The average Bonchev–Trinajstić information content (AvgIpc) is 1.80. The molecule has 0 amide bonds. The molecule has 4 heteroatoms. The van der Waals surface area contributed by atoms with Crippen LogP contribution < -0.4 is 16.9 Å². The topological polar surface area (TPSA) is 76.4 Å². The molecule has 0 aliphatic rings. The lowest BCUT2D eigenvalue weighted by Gasteiger charge is -1.89. The summed E-state index contributed by atoms with van der Waals surface area (Å²) in [4.78, 5) is 0. The van der Waals surface area contributed by atoms with Gasteiger partial charge in [-0.25, -0.2) is 0 Å². The predicted molar refractivity (Wildman–Crippen MR) is 38.4 cm³/mol. The molecule has 0 spiro atoms. The SMILES string of the molecule is CCC=CNN=C(N)N. The molecule has 0 saturated carbocycles. The van der Waals surface area contributed by atoms with Gasteiger partial charge in [0.05, 0.1) is 0 Å². The minimum absolute atomic E-state index is 0.0377. The van der Waals surface area contributed by atoms with E-state index >= 15 is 0 Å². The molecule has 0 aromatic carbocycles. The highest BCUT2D eigenvalue weighted by molar-refractivity contribution is 5.75. The van der Waals surface area contributed by atoms with Gasteiger partial charge in [0, 0.05) is 6.20 Å². The number of allylic oxidation sites excluding steroid dienone is 1. The molecule has 0 saturated heterocycles. The molecular formula is C5H12N4. The summed E-state index contributed by atoms with van der Waals surface area (Å²) in [6.45, 7) is 2.02. The van der Waals surface area contributed by atoms with Gasteiger partial charge in [0.2, 0.25) is 5.96 Å². The molecule has 5 N–H and O–H groups in total. The largest absolute Gasteiger partial charge is 0.369 e. The molecule has 0 aliphatic heterocycles. The van der Waals surface area contributed by atoms with E-state index < -0.39 is 0 Å². The van der Waals surface area contributed by atoms with Crippen LogP contribution in [0.5, 0.6) is 0 Å². The molecule has 0 aliphatic carbocycles. The van der Waals surface area contributed by atoms with Crippen molar-refractivity contribution in [1.82, 2.24) is 5.43 Å². The van der Waals surface area contributed by atoms with Crippen molar-refractivity contribution in [3.8, 4) is 0 Å². The first-order chi connectivity index (χ1) is 4.27. The van der Waals surface area contributed by atoms with Crippen molar-refractivity contribution in [3.05, 3.63) is 12.3 Å². The molecule has 0 heterocycles. The fraction of sp³-hybridized carbons (Fsp3) is 0.400. The van der Waals surface area contributed by atoms with E-state index in [2.05, 4.69) is 10.5 Å². The number of hydrazone groups is 1. The zero-order chi connectivity index (χ0) is 7.11. The van der Waals surface area contributed by atoms with Gasteiger partial charge in [0.25, 0.3) is 0 Å². The lowest BCUT2D eigenvalue weighted by atomic mass is 10.5. The highest BCUT2D eigenvalue weighted by Gasteiger charge is 1.71. The Hall–Kier alpha value is -1.19. The van der Waals surface area contributed by atoms with E-state index in [0.717, 1.165) is 6.42 Å². The number of nitrogens with zero attached hydrogens (tertiary/aromatic N) is 1. The lowest BCUT2D eigenvalue weighted by Crippen LogP contribution is -2.24. The van der Waals surface area contributed by atoms with Crippen LogP contribution in [0.3, 0.4) is 0 Å². The Morgan fingerprint density at radius 3 is 2.78 bits per heavy atom. The summed E-state index contributed by atoms with van der Waals surface area (Å²) >= 11 is 0. The second-order valence-corrected chi connectivity index (χ2v) is 1.48. The van der Waals surface area contributed by atoms with Crippen LogP contribution >= 0.6 is 0 Å². The summed E-state index contributed by atoms with van der Waals surface area (Å²) in [6, 6.07) is 0. The van der Waals surface area contributed by atoms with Gasteiger partial charge in [-0.2, -0.15) is 0 Å². The summed E-state index contributed by atoms with van der Waals surface area (Å²) < 4.78 is 0. The fourth-order valence-corrected chi connectivity index (χ4v) is 0.282. The Balaban J connectivity index is 3.29. The van der Waals surface area contributed by atoms with E-state index in [1.165, 1.54) is 0 Å². The maximum absolute atomic E-state index is 5.01. The molecule has 0 radical (unpaired) electrons. The zero-order valence-electron chi connectivity index (χ0n) is 5.46. The normalized spacial score (nSPS) is 9.44. The lowest BCUT2D eigenvalue weighted by molar-refractivity contribution is 0.947. The van der Waals surface area contributed by atoms with Gasteiger partial charge >= 0.3 is 0 Å². The van der Waals surface area contributed by atoms with Crippen LogP contribution in [0.4, 0.5) is 0 Å². The van der Waals surface area contributed by atoms with E-state index in [0.29, 0.717) is 0 Å². The van der Waals surface area contributed by atoms with Crippen LogP contribution in [0.1, 0.15) is 13.3 Å². The third-order valence-electron chi connectivity index (χ3n) is 0.622. The number of nitrogens with one attached hydrogen (secondary N) is 1. The molecule has 4 nitrogen and oxygen atoms in total. The van der Waals surface area contributed by atoms with Gasteiger partial charge in [0.15, 0.2) is 0 Å². The summed E-state index contributed by atoms with van der Waals surface area (Å²) in [5.41, 5.74) is 12.6. The van der Waals surface area contributed by atoms with E-state index in [4.69, 9.17) is 11.5 Å². The zero-order valence-corrected chi connectivity index (χ0v) is 5.46. The highest BCUT2D eigenvalue weighted by atomic mass is 15.3. The first-order valence-corrected chi connectivity index (χ1v) is 2.76. The van der Waals surface area contributed by atoms with Gasteiger partial charge in [-0.1, -0.05) is 13.0 Å². The predicted octanol–water partition coefficient (Wildman–Crippen LogP) is -0.312. The van der Waals surface area contributed by atoms with Crippen molar-refractivity contribution in [2.75, 3.05) is 0 Å². The van der Waals surface area contributed by atoms with Crippen molar-refractivity contribution in [2.45, 2.75) is 13.3 Å². The van der Waals surface area contributed by atoms with Crippen LogP contribution in [-0.4, -0.2) is 5.96 Å². The van der Waals surface area contributed by atoms with Crippen LogP contribution in [0.15, 0.2) is 17.4 Å². The van der Waals surface area contributed by atoms with Crippen LogP contribution in [-0.2, 0) is 0 Å². The number of hydrogen-bond donors (Lipinski definition) is 3. The fourth-order valence-electron chi connectivity index (χ4n) is 0.282. The summed E-state index contributed by atoms with van der Waals surface area (Å²) in [7, 11) is 0. The molecule has 0 unspecified atom stereocenters. The summed E-state index contributed by atoms with van der Waals surface area (Å²) in [6.07, 6.45) is 4.55. The Kier molecular flexibility index (Phi) is 4.30. The molecule has 0 rings (SSSR count). The van der Waals surface area contributed by atoms with E-state index in [1.807, 2.05) is 13.0 Å².